The van der Waals surface area contributed by atoms with Crippen molar-refractivity contribution >= 4 is 5.97 Å². The van der Waals surface area contributed by atoms with Crippen LogP contribution in [0, 0.1) is 0 Å². The van der Waals surface area contributed by atoms with Gasteiger partial charge in [-0.1, -0.05) is 31.4 Å². The number of phenols is 1. The van der Waals surface area contributed by atoms with E-state index in [0.717, 1.165) is 56.1 Å². The average Bonchev–Trinajstić information content (AvgIpc) is 2.53. The van der Waals surface area contributed by atoms with Crippen molar-refractivity contribution in [2.45, 2.75) is 84.3 Å². The second-order valence-corrected chi connectivity index (χ2v) is 8.03. The normalized spacial score (nSPS) is 21.5. The summed E-state index contributed by atoms with van der Waals surface area (Å²) in [6, 6.07) is 1.75. The molecule has 1 unspecified atom stereocenters. The van der Waals surface area contributed by atoms with Crippen molar-refractivity contribution in [3.63, 3.8) is 0 Å². The zero-order valence-electron chi connectivity index (χ0n) is 16.4. The molecule has 26 heavy (non-hydrogen) atoms. The van der Waals surface area contributed by atoms with E-state index in [1.54, 1.807) is 19.9 Å². The lowest BCUT2D eigenvalue weighted by Gasteiger charge is -2.35. The lowest BCUT2D eigenvalue weighted by molar-refractivity contribution is -0.128. The summed E-state index contributed by atoms with van der Waals surface area (Å²) in [5.74, 6) is -0.546. The third-order valence-electron chi connectivity index (χ3n) is 5.26. The Morgan fingerprint density at radius 3 is 2.73 bits per heavy atom. The van der Waals surface area contributed by atoms with E-state index in [-0.39, 0.29) is 17.6 Å². The molecule has 1 aliphatic carbocycles. The molecule has 3 rings (SSSR count). The van der Waals surface area contributed by atoms with E-state index in [1.165, 1.54) is 5.57 Å². The monoisotopic (exact) mass is 358 g/mol. The van der Waals surface area contributed by atoms with Crippen LogP contribution in [0.2, 0.25) is 0 Å². The first-order chi connectivity index (χ1) is 12.3. The third-order valence-corrected chi connectivity index (χ3v) is 5.26. The highest BCUT2D eigenvalue weighted by molar-refractivity contribution is 5.96. The minimum absolute atomic E-state index is 0.0730. The van der Waals surface area contributed by atoms with E-state index < -0.39 is 5.79 Å². The first-order valence-electron chi connectivity index (χ1n) is 9.80. The van der Waals surface area contributed by atoms with Crippen molar-refractivity contribution in [1.29, 1.82) is 0 Å². The minimum Gasteiger partial charge on any atom is -0.507 e. The first-order valence-corrected chi connectivity index (χ1v) is 9.80. The molecule has 142 valence electrons. The van der Waals surface area contributed by atoms with Crippen LogP contribution in [0.1, 0.15) is 93.6 Å². The summed E-state index contributed by atoms with van der Waals surface area (Å²) in [5.41, 5.74) is 3.39. The Morgan fingerprint density at radius 2 is 2.04 bits per heavy atom. The number of rotatable bonds is 5. The van der Waals surface area contributed by atoms with E-state index in [4.69, 9.17) is 9.47 Å². The Bertz CT molecular complexity index is 730. The molecule has 0 amide bonds. The maximum absolute atomic E-state index is 12.8. The fraction of sp³-hybridized carbons (Fsp3) is 0.591. The van der Waals surface area contributed by atoms with E-state index in [2.05, 4.69) is 19.9 Å². The van der Waals surface area contributed by atoms with Crippen LogP contribution in [0.25, 0.3) is 0 Å². The van der Waals surface area contributed by atoms with Crippen LogP contribution < -0.4 is 4.74 Å². The molecule has 0 aromatic heterocycles. The van der Waals surface area contributed by atoms with Crippen molar-refractivity contribution in [3.8, 4) is 11.5 Å². The van der Waals surface area contributed by atoms with Gasteiger partial charge in [0.25, 0.3) is 0 Å². The van der Waals surface area contributed by atoms with Crippen molar-refractivity contribution in [2.24, 2.45) is 0 Å². The number of carbonyl (C=O) groups excluding carboxylic acids is 1. The largest absolute Gasteiger partial charge is 0.507 e. The van der Waals surface area contributed by atoms with E-state index in [0.29, 0.717) is 11.3 Å². The number of hydrogen-bond donors (Lipinski definition) is 1. The van der Waals surface area contributed by atoms with Crippen molar-refractivity contribution < 1.29 is 19.4 Å². The fourth-order valence-corrected chi connectivity index (χ4v) is 4.04. The molecule has 0 spiro atoms. The number of aromatic hydroxyl groups is 1. The van der Waals surface area contributed by atoms with Gasteiger partial charge < -0.3 is 14.6 Å². The molecule has 1 heterocycles. The highest BCUT2D eigenvalue weighted by atomic mass is 16.7. The summed E-state index contributed by atoms with van der Waals surface area (Å²) in [6.07, 6.45) is 9.21. The number of aryl methyl sites for hydroxylation is 1. The van der Waals surface area contributed by atoms with E-state index in [1.807, 2.05) is 0 Å². The van der Waals surface area contributed by atoms with Gasteiger partial charge in [0.05, 0.1) is 0 Å². The molecule has 1 aromatic rings. The number of hydrogen-bond acceptors (Lipinski definition) is 4. The summed E-state index contributed by atoms with van der Waals surface area (Å²) in [5, 5.41) is 10.8. The molecule has 0 saturated carbocycles. The van der Waals surface area contributed by atoms with Gasteiger partial charge in [0.15, 0.2) is 0 Å². The van der Waals surface area contributed by atoms with Gasteiger partial charge in [0.2, 0.25) is 5.79 Å². The molecular weight excluding hydrogens is 328 g/mol. The van der Waals surface area contributed by atoms with Crippen LogP contribution >= 0.6 is 0 Å². The maximum Gasteiger partial charge on any atom is 0.345 e. The average molecular weight is 358 g/mol. The summed E-state index contributed by atoms with van der Waals surface area (Å²) >= 11 is 0. The van der Waals surface area contributed by atoms with Crippen LogP contribution in [-0.4, -0.2) is 16.9 Å². The van der Waals surface area contributed by atoms with Gasteiger partial charge in [0.1, 0.15) is 17.1 Å². The van der Waals surface area contributed by atoms with Crippen molar-refractivity contribution in [2.75, 3.05) is 0 Å². The van der Waals surface area contributed by atoms with Crippen LogP contribution in [0.4, 0.5) is 0 Å². The van der Waals surface area contributed by atoms with E-state index in [9.17, 15) is 9.90 Å². The van der Waals surface area contributed by atoms with Gasteiger partial charge in [0, 0.05) is 25.3 Å². The number of benzene rings is 1. The molecule has 2 aliphatic rings. The number of carbonyl (C=O) groups is 1. The van der Waals surface area contributed by atoms with Crippen LogP contribution in [0.3, 0.4) is 0 Å². The molecule has 4 heteroatoms. The Balaban J connectivity index is 2.12. The molecule has 0 saturated heterocycles. The molecule has 4 nitrogen and oxygen atoms in total. The van der Waals surface area contributed by atoms with E-state index >= 15 is 0 Å². The van der Waals surface area contributed by atoms with Gasteiger partial charge in [-0.2, -0.15) is 0 Å². The molecule has 1 N–H and O–H groups in total. The van der Waals surface area contributed by atoms with Crippen molar-refractivity contribution in [1.82, 2.24) is 0 Å². The minimum atomic E-state index is -1.03. The fourth-order valence-electron chi connectivity index (χ4n) is 4.04. The number of cyclic esters (lactones) is 1. The lowest BCUT2D eigenvalue weighted by atomic mass is 9.83. The smallest absolute Gasteiger partial charge is 0.345 e. The highest BCUT2D eigenvalue weighted by Crippen LogP contribution is 2.47. The Labute approximate surface area is 156 Å². The van der Waals surface area contributed by atoms with Crippen LogP contribution in [0.15, 0.2) is 17.7 Å². The summed E-state index contributed by atoms with van der Waals surface area (Å²) in [4.78, 5) is 12.8. The number of unbranched alkanes of at least 4 members (excludes halogenated alkanes) is 2. The van der Waals surface area contributed by atoms with Gasteiger partial charge in [-0.05, 0) is 50.7 Å². The standard InChI is InChI=1S/C22H30O4/c1-5-6-7-10-16-13-17(23)18(15-11-8-9-14(2)12-15)20-19(16)21(24)26-22(3,4)25-20/h12-13,15,23H,5-11H2,1-4H3. The molecule has 1 atom stereocenters. The number of ether oxygens (including phenoxy) is 2. The SMILES string of the molecule is CCCCCc1cc(O)c(C2C=C(C)CCC2)c2c1C(=O)OC(C)(C)O2. The second kappa shape index (κ2) is 7.34. The predicted octanol–water partition coefficient (Wildman–Crippen LogP) is 5.62. The molecular formula is C22H30O4. The van der Waals surface area contributed by atoms with Gasteiger partial charge in [-0.15, -0.1) is 0 Å². The maximum atomic E-state index is 12.8. The second-order valence-electron chi connectivity index (χ2n) is 8.03. The molecule has 0 radical (unpaired) electrons. The van der Waals surface area contributed by atoms with Crippen molar-refractivity contribution in [3.05, 3.63) is 34.4 Å². The zero-order valence-corrected chi connectivity index (χ0v) is 16.4. The van der Waals surface area contributed by atoms with Crippen LogP contribution in [0.5, 0.6) is 11.5 Å². The Kier molecular flexibility index (Phi) is 5.31. The predicted molar refractivity (Wildman–Crippen MR) is 102 cm³/mol. The summed E-state index contributed by atoms with van der Waals surface area (Å²) in [7, 11) is 0. The number of phenolic OH excluding ortho intramolecular Hbond substituents is 1. The summed E-state index contributed by atoms with van der Waals surface area (Å²) in [6.45, 7) is 7.74. The molecule has 0 bridgehead atoms. The quantitative estimate of drug-likeness (QED) is 0.421. The zero-order chi connectivity index (χ0) is 18.9. The third kappa shape index (κ3) is 3.74. The number of fused-ring (bicyclic) bond motifs is 1. The van der Waals surface area contributed by atoms with Gasteiger partial charge >= 0.3 is 5.97 Å². The Morgan fingerprint density at radius 1 is 1.27 bits per heavy atom. The highest BCUT2D eigenvalue weighted by Gasteiger charge is 2.39. The lowest BCUT2D eigenvalue weighted by Crippen LogP contribution is -2.40. The molecule has 1 aromatic carbocycles. The molecule has 0 fully saturated rings. The van der Waals surface area contributed by atoms with Crippen LogP contribution in [-0.2, 0) is 11.2 Å². The van der Waals surface area contributed by atoms with Gasteiger partial charge in [-0.25, -0.2) is 4.79 Å². The summed E-state index contributed by atoms with van der Waals surface area (Å²) < 4.78 is 11.6. The first kappa shape index (κ1) is 18.8. The Hall–Kier alpha value is -1.97. The number of esters is 1. The molecule has 1 aliphatic heterocycles. The topological polar surface area (TPSA) is 55.8 Å². The van der Waals surface area contributed by atoms with Gasteiger partial charge in [-0.3, -0.25) is 0 Å². The number of allylic oxidation sites excluding steroid dienone is 2.